The number of aryl methyl sites for hydroxylation is 1. The molecule has 0 N–H and O–H groups in total. The Labute approximate surface area is 95.4 Å². The monoisotopic (exact) mass is 224 g/mol. The highest BCUT2D eigenvalue weighted by atomic mass is 19.1. The molecule has 0 amide bonds. The molecule has 0 spiro atoms. The molecule has 2 rings (SSSR count). The van der Waals surface area contributed by atoms with Gasteiger partial charge in [0.05, 0.1) is 19.3 Å². The van der Waals surface area contributed by atoms with E-state index in [1.807, 2.05) is 0 Å². The van der Waals surface area contributed by atoms with Crippen LogP contribution >= 0.6 is 0 Å². The minimum atomic E-state index is -0.213. The topological polar surface area (TPSA) is 18.5 Å². The fraction of sp³-hybridized carbons (Fsp3) is 0.538. The zero-order valence-corrected chi connectivity index (χ0v) is 9.75. The first-order valence-corrected chi connectivity index (χ1v) is 5.59. The first-order valence-electron chi connectivity index (χ1n) is 5.59. The van der Waals surface area contributed by atoms with Gasteiger partial charge < -0.3 is 9.47 Å². The van der Waals surface area contributed by atoms with Crippen molar-refractivity contribution in [1.29, 1.82) is 0 Å². The van der Waals surface area contributed by atoms with Crippen LogP contribution in [0.25, 0.3) is 0 Å². The normalized spacial score (nSPS) is 23.9. The van der Waals surface area contributed by atoms with Gasteiger partial charge in [-0.3, -0.25) is 0 Å². The highest BCUT2D eigenvalue weighted by Crippen LogP contribution is 2.32. The maximum Gasteiger partial charge on any atom is 0.123 e. The van der Waals surface area contributed by atoms with E-state index < -0.39 is 0 Å². The molecule has 0 radical (unpaired) electrons. The summed E-state index contributed by atoms with van der Waals surface area (Å²) >= 11 is 0. The molecule has 1 unspecified atom stereocenters. The molecule has 0 aromatic heterocycles. The maximum absolute atomic E-state index is 13.1. The summed E-state index contributed by atoms with van der Waals surface area (Å²) in [6.07, 6.45) is 2.79. The number of halogens is 1. The Kier molecular flexibility index (Phi) is 3.15. The van der Waals surface area contributed by atoms with Gasteiger partial charge in [0.25, 0.3) is 0 Å². The van der Waals surface area contributed by atoms with Crippen LogP contribution < -0.4 is 4.74 Å². The Hall–Kier alpha value is -1.09. The second kappa shape index (κ2) is 4.42. The summed E-state index contributed by atoms with van der Waals surface area (Å²) in [5, 5.41) is 0. The summed E-state index contributed by atoms with van der Waals surface area (Å²) < 4.78 is 23.8. The molecular weight excluding hydrogens is 207 g/mol. The van der Waals surface area contributed by atoms with Crippen LogP contribution in [0, 0.1) is 5.82 Å². The van der Waals surface area contributed by atoms with Crippen molar-refractivity contribution in [1.82, 2.24) is 0 Å². The van der Waals surface area contributed by atoms with Crippen molar-refractivity contribution in [3.05, 3.63) is 29.6 Å². The second-order valence-corrected chi connectivity index (χ2v) is 4.50. The molecular formula is C13H17FO2. The first kappa shape index (κ1) is 11.4. The number of methoxy groups -OCH3 is 1. The summed E-state index contributed by atoms with van der Waals surface area (Å²) in [5.41, 5.74) is 0.899. The van der Waals surface area contributed by atoms with E-state index in [9.17, 15) is 4.39 Å². The van der Waals surface area contributed by atoms with E-state index in [0.717, 1.165) is 37.2 Å². The van der Waals surface area contributed by atoms with Gasteiger partial charge >= 0.3 is 0 Å². The van der Waals surface area contributed by atoms with Crippen LogP contribution in [0.4, 0.5) is 4.39 Å². The largest absolute Gasteiger partial charge is 0.496 e. The average Bonchev–Trinajstić information content (AvgIpc) is 2.24. The number of hydrogen-bond donors (Lipinski definition) is 0. The molecule has 1 aromatic carbocycles. The lowest BCUT2D eigenvalue weighted by Gasteiger charge is -2.38. The minimum Gasteiger partial charge on any atom is -0.496 e. The molecule has 0 bridgehead atoms. The Bertz CT molecular complexity index is 372. The summed E-state index contributed by atoms with van der Waals surface area (Å²) in [6, 6.07) is 4.64. The van der Waals surface area contributed by atoms with Gasteiger partial charge in [0.1, 0.15) is 11.6 Å². The Morgan fingerprint density at radius 1 is 1.50 bits per heavy atom. The molecule has 0 aliphatic carbocycles. The highest BCUT2D eigenvalue weighted by Gasteiger charge is 2.32. The maximum atomic E-state index is 13.1. The third-order valence-corrected chi connectivity index (χ3v) is 3.25. The van der Waals surface area contributed by atoms with Crippen molar-refractivity contribution in [3.8, 4) is 5.75 Å². The van der Waals surface area contributed by atoms with Gasteiger partial charge in [-0.05, 0) is 49.9 Å². The van der Waals surface area contributed by atoms with E-state index in [1.54, 1.807) is 19.2 Å². The van der Waals surface area contributed by atoms with Crippen molar-refractivity contribution >= 4 is 0 Å². The third-order valence-electron chi connectivity index (χ3n) is 3.25. The van der Waals surface area contributed by atoms with Crippen LogP contribution in [0.5, 0.6) is 5.75 Å². The summed E-state index contributed by atoms with van der Waals surface area (Å²) in [5.74, 6) is 0.541. The lowest BCUT2D eigenvalue weighted by molar-refractivity contribution is -0.137. The zero-order chi connectivity index (χ0) is 11.6. The molecule has 1 fully saturated rings. The van der Waals surface area contributed by atoms with Crippen molar-refractivity contribution in [3.63, 3.8) is 0 Å². The van der Waals surface area contributed by atoms with Crippen molar-refractivity contribution < 1.29 is 13.9 Å². The predicted molar refractivity (Wildman–Crippen MR) is 60.2 cm³/mol. The summed E-state index contributed by atoms with van der Waals surface area (Å²) in [4.78, 5) is 0. The molecule has 1 aliphatic rings. The molecule has 1 aromatic rings. The minimum absolute atomic E-state index is 0.0165. The van der Waals surface area contributed by atoms with Gasteiger partial charge in [-0.15, -0.1) is 0 Å². The van der Waals surface area contributed by atoms with Crippen LogP contribution in [0.3, 0.4) is 0 Å². The number of benzene rings is 1. The molecule has 2 nitrogen and oxygen atoms in total. The lowest BCUT2D eigenvalue weighted by Crippen LogP contribution is -2.40. The van der Waals surface area contributed by atoms with Gasteiger partial charge in [-0.25, -0.2) is 4.39 Å². The van der Waals surface area contributed by atoms with Gasteiger partial charge in [0, 0.05) is 0 Å². The van der Waals surface area contributed by atoms with E-state index in [1.165, 1.54) is 6.07 Å². The SMILES string of the molecule is COc1ccc(F)cc1CCC1(C)CCO1. The number of rotatable bonds is 4. The van der Waals surface area contributed by atoms with E-state index in [4.69, 9.17) is 9.47 Å². The fourth-order valence-electron chi connectivity index (χ4n) is 1.99. The van der Waals surface area contributed by atoms with Crippen LogP contribution in [-0.2, 0) is 11.2 Å². The molecule has 0 saturated carbocycles. The Morgan fingerprint density at radius 2 is 2.25 bits per heavy atom. The van der Waals surface area contributed by atoms with Crippen LogP contribution in [0.15, 0.2) is 18.2 Å². The van der Waals surface area contributed by atoms with E-state index in [0.29, 0.717) is 0 Å². The van der Waals surface area contributed by atoms with Crippen LogP contribution in [0.1, 0.15) is 25.3 Å². The standard InChI is InChI=1S/C13H17FO2/c1-13(7-8-16-13)6-5-10-9-11(14)3-4-12(10)15-2/h3-4,9H,5-8H2,1-2H3. The molecule has 1 saturated heterocycles. The number of ether oxygens (including phenoxy) is 2. The average molecular weight is 224 g/mol. The van der Waals surface area contributed by atoms with Crippen molar-refractivity contribution in [2.45, 2.75) is 31.8 Å². The highest BCUT2D eigenvalue weighted by molar-refractivity contribution is 5.34. The second-order valence-electron chi connectivity index (χ2n) is 4.50. The predicted octanol–water partition coefficient (Wildman–Crippen LogP) is 2.95. The van der Waals surface area contributed by atoms with Gasteiger partial charge in [0.2, 0.25) is 0 Å². The van der Waals surface area contributed by atoms with E-state index in [-0.39, 0.29) is 11.4 Å². The smallest absolute Gasteiger partial charge is 0.123 e. The lowest BCUT2D eigenvalue weighted by atomic mass is 9.90. The summed E-state index contributed by atoms with van der Waals surface area (Å²) in [7, 11) is 1.61. The third kappa shape index (κ3) is 2.35. The molecule has 1 heterocycles. The Balaban J connectivity index is 2.04. The Morgan fingerprint density at radius 3 is 2.81 bits per heavy atom. The fourth-order valence-corrected chi connectivity index (χ4v) is 1.99. The van der Waals surface area contributed by atoms with Gasteiger partial charge in [0.15, 0.2) is 0 Å². The van der Waals surface area contributed by atoms with Crippen molar-refractivity contribution in [2.24, 2.45) is 0 Å². The van der Waals surface area contributed by atoms with E-state index in [2.05, 4.69) is 6.92 Å². The van der Waals surface area contributed by atoms with Gasteiger partial charge in [-0.2, -0.15) is 0 Å². The van der Waals surface area contributed by atoms with E-state index >= 15 is 0 Å². The van der Waals surface area contributed by atoms with Crippen LogP contribution in [-0.4, -0.2) is 19.3 Å². The van der Waals surface area contributed by atoms with Crippen molar-refractivity contribution in [2.75, 3.05) is 13.7 Å². The molecule has 1 atom stereocenters. The molecule has 16 heavy (non-hydrogen) atoms. The summed E-state index contributed by atoms with van der Waals surface area (Å²) in [6.45, 7) is 2.94. The zero-order valence-electron chi connectivity index (χ0n) is 9.75. The number of hydrogen-bond acceptors (Lipinski definition) is 2. The molecule has 88 valence electrons. The van der Waals surface area contributed by atoms with Gasteiger partial charge in [-0.1, -0.05) is 0 Å². The molecule has 1 aliphatic heterocycles. The molecule has 3 heteroatoms. The quantitative estimate of drug-likeness (QED) is 0.782. The van der Waals surface area contributed by atoms with Crippen LogP contribution in [0.2, 0.25) is 0 Å². The first-order chi connectivity index (χ1) is 7.63.